The zero-order valence-electron chi connectivity index (χ0n) is 73.6. The summed E-state index contributed by atoms with van der Waals surface area (Å²) in [6, 6.07) is 86.9. The second-order valence-electron chi connectivity index (χ2n) is 35.0. The van der Waals surface area contributed by atoms with Crippen LogP contribution in [0.15, 0.2) is 376 Å². The summed E-state index contributed by atoms with van der Waals surface area (Å²) in [5.74, 6) is -18.6. The molecule has 142 heavy (non-hydrogen) atoms. The highest BCUT2D eigenvalue weighted by Crippen LogP contribution is 2.58. The van der Waals surface area contributed by atoms with E-state index < -0.39 is 159 Å². The standard InChI is InChI=1S/C114H62B3F16N9/c118-76-35-17-36-77(119)107(76)135(65-29-9-3-10-30-65)68-55-98-104-102(57-68)139(111-84(126)43-21-44-85(111)127)94-61-96-74(59-72(94)115(104)70-33-13-15-51-92(70)137(98)109-80(122)39-19-40-81(109)123)117-75-60-73-95(62-97(75)142(114-90(132)49-24-50-91(114)133)101-54-67(134(63-25-5-1-6-26-63)64-27-7-2-8-28-64)53-100(106(101)117)141(96)113-88(130)47-23-48-89(113)131)140(112-86(128)45-22-46-87(112)129)103-58-69(136(66-31-11-4-12-32-66)108-78(120)37-18-38-79(108)121)56-99-105(103)116(73)71-34-14-16-52-93(71)138(99)110-82(124)41-20-42-83(110)125/h1-62H. The topological polar surface area (TPSA) is 29.2 Å². The van der Waals surface area contributed by atoms with Gasteiger partial charge in [0.15, 0.2) is 0 Å². The molecule has 0 fully saturated rings. The molecule has 0 unspecified atom stereocenters. The molecule has 0 radical (unpaired) electrons. The fourth-order valence-electron chi connectivity index (χ4n) is 21.9. The summed E-state index contributed by atoms with van der Waals surface area (Å²) in [7, 11) is 0. The molecule has 0 N–H and O–H groups in total. The van der Waals surface area contributed by atoms with E-state index in [9.17, 15) is 0 Å². The minimum atomic E-state index is -1.56. The van der Waals surface area contributed by atoms with E-state index in [-0.39, 0.29) is 146 Å². The van der Waals surface area contributed by atoms with Crippen molar-refractivity contribution in [2.45, 2.75) is 0 Å². The number of rotatable bonds is 15. The highest BCUT2D eigenvalue weighted by molar-refractivity contribution is 7.05. The van der Waals surface area contributed by atoms with Crippen molar-refractivity contribution >= 4 is 223 Å². The van der Waals surface area contributed by atoms with Crippen LogP contribution >= 0.6 is 0 Å². The lowest BCUT2D eigenvalue weighted by atomic mass is 9.29. The molecule has 6 aliphatic heterocycles. The van der Waals surface area contributed by atoms with Gasteiger partial charge >= 0.3 is 0 Å². The highest BCUT2D eigenvalue weighted by atomic mass is 19.2. The van der Waals surface area contributed by atoms with Crippen LogP contribution in [0.5, 0.6) is 0 Å². The number of benzene rings is 19. The molecule has 19 aromatic rings. The normalized spacial score (nSPS) is 13.1. The summed E-state index contributed by atoms with van der Waals surface area (Å²) in [5.41, 5.74) is -5.54. The predicted molar refractivity (Wildman–Crippen MR) is 532 cm³/mol. The fourth-order valence-corrected chi connectivity index (χ4v) is 21.9. The van der Waals surface area contributed by atoms with Crippen LogP contribution in [0.4, 0.5) is 224 Å². The average Bonchev–Trinajstić information content (AvgIpc) is 0.659. The minimum Gasteiger partial charge on any atom is -0.310 e. The molecule has 0 bridgehead atoms. The van der Waals surface area contributed by atoms with Gasteiger partial charge in [0.1, 0.15) is 139 Å². The Labute approximate surface area is 801 Å². The van der Waals surface area contributed by atoms with Gasteiger partial charge in [-0.25, -0.2) is 70.2 Å². The van der Waals surface area contributed by atoms with Gasteiger partial charge in [-0.15, -0.1) is 0 Å². The Morgan fingerprint density at radius 2 is 0.324 bits per heavy atom. The molecule has 684 valence electrons. The van der Waals surface area contributed by atoms with Crippen LogP contribution < -0.4 is 93.3 Å². The van der Waals surface area contributed by atoms with E-state index in [2.05, 4.69) is 0 Å². The van der Waals surface area contributed by atoms with Crippen molar-refractivity contribution in [1.29, 1.82) is 0 Å². The van der Waals surface area contributed by atoms with Gasteiger partial charge in [-0.2, -0.15) is 0 Å². The molecular weight excluding hydrogens is 1830 g/mol. The third-order valence-corrected chi connectivity index (χ3v) is 27.3. The van der Waals surface area contributed by atoms with Gasteiger partial charge in [-0.05, 0) is 255 Å². The molecule has 19 aromatic carbocycles. The van der Waals surface area contributed by atoms with Crippen LogP contribution in [0, 0.1) is 93.1 Å². The second-order valence-corrected chi connectivity index (χ2v) is 35.0. The number of fused-ring (bicyclic) bond motifs is 12. The maximum absolute atomic E-state index is 18.9. The largest absolute Gasteiger partial charge is 0.310 e. The van der Waals surface area contributed by atoms with E-state index in [0.717, 1.165) is 146 Å². The predicted octanol–water partition coefficient (Wildman–Crippen LogP) is 26.6. The van der Waals surface area contributed by atoms with Crippen molar-refractivity contribution in [2.24, 2.45) is 0 Å². The molecule has 6 aliphatic rings. The molecule has 25 rings (SSSR count). The first-order valence-electron chi connectivity index (χ1n) is 45.2. The molecule has 0 aromatic heterocycles. The van der Waals surface area contributed by atoms with E-state index >= 15 is 70.2 Å². The quantitative estimate of drug-likeness (QED) is 0.0735. The van der Waals surface area contributed by atoms with Gasteiger partial charge in [0.2, 0.25) is 0 Å². The van der Waals surface area contributed by atoms with Crippen LogP contribution in [0.3, 0.4) is 0 Å². The van der Waals surface area contributed by atoms with Crippen molar-refractivity contribution < 1.29 is 70.2 Å². The zero-order chi connectivity index (χ0) is 96.8. The van der Waals surface area contributed by atoms with Crippen LogP contribution in [0.1, 0.15) is 0 Å². The van der Waals surface area contributed by atoms with E-state index in [1.807, 2.05) is 0 Å². The minimum absolute atomic E-state index is 0.0328. The zero-order valence-corrected chi connectivity index (χ0v) is 73.6. The van der Waals surface area contributed by atoms with Crippen molar-refractivity contribution in [2.75, 3.05) is 44.1 Å². The molecule has 0 atom stereocenters. The second kappa shape index (κ2) is 33.1. The summed E-state index contributed by atoms with van der Waals surface area (Å²) in [5, 5.41) is 0. The number of hydrogen-bond acceptors (Lipinski definition) is 9. The van der Waals surface area contributed by atoms with E-state index in [0.29, 0.717) is 11.4 Å². The smallest absolute Gasteiger partial charge is 0.252 e. The van der Waals surface area contributed by atoms with E-state index in [1.54, 1.807) is 175 Å². The Kier molecular flexibility index (Phi) is 20.1. The van der Waals surface area contributed by atoms with Gasteiger partial charge in [-0.3, -0.25) is 0 Å². The molecule has 0 saturated heterocycles. The molecule has 9 nitrogen and oxygen atoms in total. The van der Waals surface area contributed by atoms with Gasteiger partial charge in [0.05, 0.1) is 17.1 Å². The summed E-state index contributed by atoms with van der Waals surface area (Å²) < 4.78 is 291. The molecule has 6 heterocycles. The van der Waals surface area contributed by atoms with Gasteiger partial charge in [-0.1, -0.05) is 170 Å². The Bertz CT molecular complexity index is 7890. The Morgan fingerprint density at radius 3 is 0.556 bits per heavy atom. The lowest BCUT2D eigenvalue weighted by Crippen LogP contribution is -2.67. The molecule has 0 saturated carbocycles. The first kappa shape index (κ1) is 86.1. The lowest BCUT2D eigenvalue weighted by molar-refractivity contribution is 0.584. The Balaban J connectivity index is 0.861. The van der Waals surface area contributed by atoms with Crippen LogP contribution in [0.2, 0.25) is 0 Å². The fraction of sp³-hybridized carbons (Fsp3) is 0. The van der Waals surface area contributed by atoms with Crippen molar-refractivity contribution in [3.8, 4) is 0 Å². The summed E-state index contributed by atoms with van der Waals surface area (Å²) in [4.78, 5) is 11.6. The maximum atomic E-state index is 18.9. The van der Waals surface area contributed by atoms with Crippen LogP contribution in [-0.4, -0.2) is 20.1 Å². The third kappa shape index (κ3) is 13.0. The van der Waals surface area contributed by atoms with E-state index in [1.165, 1.54) is 99.9 Å². The number of hydrogen-bond donors (Lipinski definition) is 0. The molecular formula is C114H62B3F16N9. The molecule has 0 aliphatic carbocycles. The summed E-state index contributed by atoms with van der Waals surface area (Å²) in [6.45, 7) is -4.27. The number of para-hydroxylation sites is 14. The van der Waals surface area contributed by atoms with Crippen molar-refractivity contribution in [3.05, 3.63) is 469 Å². The monoisotopic (exact) mass is 1890 g/mol. The Hall–Kier alpha value is -17.5. The Morgan fingerprint density at radius 1 is 0.141 bits per heavy atom. The van der Waals surface area contributed by atoms with Crippen LogP contribution in [0.25, 0.3) is 0 Å². The number of nitrogens with zero attached hydrogens (tertiary/aromatic N) is 9. The first-order valence-corrected chi connectivity index (χ1v) is 45.2. The first-order chi connectivity index (χ1) is 69.2. The van der Waals surface area contributed by atoms with E-state index in [4.69, 9.17) is 0 Å². The summed E-state index contributed by atoms with van der Waals surface area (Å²) in [6.07, 6.45) is 0. The highest BCUT2D eigenvalue weighted by Gasteiger charge is 2.54. The SMILES string of the molecule is Fc1cccc(F)c1N(c1ccccc1)c1cc2c3c(c1)N(c1c(F)cccc1F)c1cc4c(cc1B3c1ccccc1N2c1c(F)cccc1F)B1c2cc3c(cc2N(c2c(F)cccc2F)c2cc(N(c5ccccc5)c5ccccc5)cc(c21)N4c1c(F)cccc1F)N(c1c(F)cccc1F)c1cc(N(c2ccccc2)c2c(F)cccc2F)cc2c1B3c1ccccc1N2c1c(F)cccc1F. The molecule has 0 amide bonds. The maximum Gasteiger partial charge on any atom is 0.252 e. The van der Waals surface area contributed by atoms with Crippen LogP contribution in [-0.2, 0) is 0 Å². The molecule has 28 heteroatoms. The van der Waals surface area contributed by atoms with Gasteiger partial charge in [0, 0.05) is 91.0 Å². The van der Waals surface area contributed by atoms with Crippen molar-refractivity contribution in [1.82, 2.24) is 0 Å². The lowest BCUT2D eigenvalue weighted by Gasteiger charge is -2.49. The van der Waals surface area contributed by atoms with Gasteiger partial charge in [0.25, 0.3) is 20.1 Å². The average molecular weight is 1890 g/mol. The number of halogens is 16. The third-order valence-electron chi connectivity index (χ3n) is 27.3. The number of anilines is 27. The molecule has 0 spiro atoms. The summed E-state index contributed by atoms with van der Waals surface area (Å²) >= 11 is 0. The van der Waals surface area contributed by atoms with Gasteiger partial charge < -0.3 is 44.1 Å². The van der Waals surface area contributed by atoms with Crippen molar-refractivity contribution in [3.63, 3.8) is 0 Å².